The van der Waals surface area contributed by atoms with E-state index in [4.69, 9.17) is 5.73 Å². The number of pyridine rings is 1. The first-order chi connectivity index (χ1) is 9.70. The molecule has 6 heteroatoms. The number of nitrogens with zero attached hydrogens (tertiary/aromatic N) is 5. The van der Waals surface area contributed by atoms with Crippen LogP contribution in [0.4, 0.5) is 5.95 Å². The van der Waals surface area contributed by atoms with Gasteiger partial charge < -0.3 is 5.73 Å². The summed E-state index contributed by atoms with van der Waals surface area (Å²) in [6, 6.07) is 3.96. The first kappa shape index (κ1) is 12.7. The zero-order valence-corrected chi connectivity index (χ0v) is 11.7. The lowest BCUT2D eigenvalue weighted by molar-refractivity contribution is 0.711. The van der Waals surface area contributed by atoms with Crippen LogP contribution < -0.4 is 5.73 Å². The smallest absolute Gasteiger partial charge is 0.202 e. The van der Waals surface area contributed by atoms with Gasteiger partial charge in [0.15, 0.2) is 5.65 Å². The van der Waals surface area contributed by atoms with Crippen LogP contribution in [0.15, 0.2) is 24.5 Å². The van der Waals surface area contributed by atoms with Crippen LogP contribution in [0, 0.1) is 0 Å². The SMILES string of the molecule is CCCc1nn(C)c2c1nc(N)n2Cc1ccncc1. The van der Waals surface area contributed by atoms with Crippen molar-refractivity contribution in [3.63, 3.8) is 0 Å². The zero-order valence-electron chi connectivity index (χ0n) is 11.7. The van der Waals surface area contributed by atoms with Crippen LogP contribution in [0.3, 0.4) is 0 Å². The fourth-order valence-corrected chi connectivity index (χ4v) is 2.49. The van der Waals surface area contributed by atoms with Gasteiger partial charge in [0.25, 0.3) is 0 Å². The highest BCUT2D eigenvalue weighted by Gasteiger charge is 2.17. The zero-order chi connectivity index (χ0) is 14.1. The molecule has 0 aliphatic carbocycles. The van der Waals surface area contributed by atoms with Crippen molar-refractivity contribution >= 4 is 17.1 Å². The minimum atomic E-state index is 0.530. The number of fused-ring (bicyclic) bond motifs is 1. The van der Waals surface area contributed by atoms with Gasteiger partial charge >= 0.3 is 0 Å². The van der Waals surface area contributed by atoms with Gasteiger partial charge in [-0.05, 0) is 24.1 Å². The van der Waals surface area contributed by atoms with E-state index in [0.29, 0.717) is 12.5 Å². The van der Waals surface area contributed by atoms with E-state index in [-0.39, 0.29) is 0 Å². The Bertz CT molecular complexity index is 725. The molecule has 3 heterocycles. The second-order valence-electron chi connectivity index (χ2n) is 4.90. The molecule has 0 aromatic carbocycles. The fraction of sp³-hybridized carbons (Fsp3) is 0.357. The molecule has 0 saturated carbocycles. The summed E-state index contributed by atoms with van der Waals surface area (Å²) in [7, 11) is 1.94. The second-order valence-corrected chi connectivity index (χ2v) is 4.90. The second kappa shape index (κ2) is 4.96. The third-order valence-electron chi connectivity index (χ3n) is 3.40. The van der Waals surface area contributed by atoms with Crippen LogP contribution in [0.1, 0.15) is 24.6 Å². The van der Waals surface area contributed by atoms with E-state index in [1.807, 2.05) is 28.4 Å². The van der Waals surface area contributed by atoms with Crippen LogP contribution in [0.25, 0.3) is 11.2 Å². The van der Waals surface area contributed by atoms with E-state index < -0.39 is 0 Å². The molecule has 0 fully saturated rings. The molecule has 104 valence electrons. The summed E-state index contributed by atoms with van der Waals surface area (Å²) in [4.78, 5) is 8.52. The number of nitrogens with two attached hydrogens (primary N) is 1. The van der Waals surface area contributed by atoms with E-state index in [9.17, 15) is 0 Å². The molecule has 0 bridgehead atoms. The summed E-state index contributed by atoms with van der Waals surface area (Å²) in [5.41, 5.74) is 10.1. The van der Waals surface area contributed by atoms with Crippen molar-refractivity contribution in [3.05, 3.63) is 35.8 Å². The number of hydrogen-bond acceptors (Lipinski definition) is 4. The van der Waals surface area contributed by atoms with Crippen LogP contribution in [0.2, 0.25) is 0 Å². The number of anilines is 1. The molecule has 0 atom stereocenters. The van der Waals surface area contributed by atoms with Crippen molar-refractivity contribution in [3.8, 4) is 0 Å². The van der Waals surface area contributed by atoms with Gasteiger partial charge in [-0.25, -0.2) is 4.98 Å². The quantitative estimate of drug-likeness (QED) is 0.783. The topological polar surface area (TPSA) is 74.6 Å². The molecular weight excluding hydrogens is 252 g/mol. The van der Waals surface area contributed by atoms with E-state index >= 15 is 0 Å². The molecule has 2 N–H and O–H groups in total. The fourth-order valence-electron chi connectivity index (χ4n) is 2.49. The predicted octanol–water partition coefficient (Wildman–Crippen LogP) is 1.75. The number of aromatic nitrogens is 5. The first-order valence-electron chi connectivity index (χ1n) is 6.77. The maximum Gasteiger partial charge on any atom is 0.202 e. The van der Waals surface area contributed by atoms with E-state index in [1.54, 1.807) is 12.4 Å². The highest BCUT2D eigenvalue weighted by molar-refractivity contribution is 5.77. The molecule has 3 rings (SSSR count). The Morgan fingerprint density at radius 2 is 2.00 bits per heavy atom. The summed E-state index contributed by atoms with van der Waals surface area (Å²) in [5, 5.41) is 4.55. The van der Waals surface area contributed by atoms with E-state index in [2.05, 4.69) is 22.0 Å². The van der Waals surface area contributed by atoms with Crippen molar-refractivity contribution in [1.82, 2.24) is 24.3 Å². The Labute approximate surface area is 117 Å². The van der Waals surface area contributed by atoms with Crippen LogP contribution >= 0.6 is 0 Å². The molecule has 0 saturated heterocycles. The lowest BCUT2D eigenvalue weighted by atomic mass is 10.2. The highest BCUT2D eigenvalue weighted by atomic mass is 15.3. The minimum absolute atomic E-state index is 0.530. The predicted molar refractivity (Wildman–Crippen MR) is 78.2 cm³/mol. The van der Waals surface area contributed by atoms with Gasteiger partial charge in [0.2, 0.25) is 5.95 Å². The summed E-state index contributed by atoms with van der Waals surface area (Å²) < 4.78 is 3.86. The Morgan fingerprint density at radius 3 is 2.70 bits per heavy atom. The van der Waals surface area contributed by atoms with Gasteiger partial charge in [-0.3, -0.25) is 14.2 Å². The van der Waals surface area contributed by atoms with Gasteiger partial charge in [-0.1, -0.05) is 13.3 Å². The van der Waals surface area contributed by atoms with Crippen LogP contribution in [-0.4, -0.2) is 24.3 Å². The Hall–Kier alpha value is -2.37. The normalized spacial score (nSPS) is 11.3. The maximum atomic E-state index is 6.07. The van der Waals surface area contributed by atoms with Crippen LogP contribution in [-0.2, 0) is 20.0 Å². The number of rotatable bonds is 4. The molecule has 20 heavy (non-hydrogen) atoms. The van der Waals surface area contributed by atoms with Crippen molar-refractivity contribution in [2.24, 2.45) is 7.05 Å². The van der Waals surface area contributed by atoms with Crippen molar-refractivity contribution in [1.29, 1.82) is 0 Å². The molecule has 0 amide bonds. The van der Waals surface area contributed by atoms with Gasteiger partial charge in [-0.15, -0.1) is 0 Å². The molecule has 0 aliphatic heterocycles. The lowest BCUT2D eigenvalue weighted by Crippen LogP contribution is -2.08. The molecule has 6 nitrogen and oxygen atoms in total. The van der Waals surface area contributed by atoms with Crippen molar-refractivity contribution in [2.45, 2.75) is 26.3 Å². The number of imidazole rings is 1. The Morgan fingerprint density at radius 1 is 1.25 bits per heavy atom. The standard InChI is InChI=1S/C14H18N6/c1-3-4-11-12-13(19(2)18-11)20(14(15)17-12)9-10-5-7-16-8-6-10/h5-8H,3-4,9H2,1-2H3,(H2,15,17). The van der Waals surface area contributed by atoms with Crippen molar-refractivity contribution < 1.29 is 0 Å². The van der Waals surface area contributed by atoms with E-state index in [1.165, 1.54) is 0 Å². The van der Waals surface area contributed by atoms with Crippen LogP contribution in [0.5, 0.6) is 0 Å². The Kier molecular flexibility index (Phi) is 3.14. The minimum Gasteiger partial charge on any atom is -0.369 e. The van der Waals surface area contributed by atoms with Crippen molar-refractivity contribution in [2.75, 3.05) is 5.73 Å². The van der Waals surface area contributed by atoms with Gasteiger partial charge in [0.1, 0.15) is 5.52 Å². The number of nitrogen functional groups attached to an aromatic ring is 1. The molecule has 0 spiro atoms. The van der Waals surface area contributed by atoms with E-state index in [0.717, 1.165) is 35.3 Å². The largest absolute Gasteiger partial charge is 0.369 e. The first-order valence-corrected chi connectivity index (χ1v) is 6.77. The monoisotopic (exact) mass is 270 g/mol. The molecule has 0 aliphatic rings. The summed E-state index contributed by atoms with van der Waals surface area (Å²) >= 11 is 0. The third-order valence-corrected chi connectivity index (χ3v) is 3.40. The summed E-state index contributed by atoms with van der Waals surface area (Å²) in [6.45, 7) is 2.81. The lowest BCUT2D eigenvalue weighted by Gasteiger charge is -2.06. The third kappa shape index (κ3) is 2.03. The molecule has 0 radical (unpaired) electrons. The molecule has 3 aromatic heterocycles. The maximum absolute atomic E-state index is 6.07. The Balaban J connectivity index is 2.09. The van der Waals surface area contributed by atoms with Gasteiger partial charge in [-0.2, -0.15) is 5.10 Å². The molecular formula is C14H18N6. The molecule has 0 unspecified atom stereocenters. The van der Waals surface area contributed by atoms with Gasteiger partial charge in [0, 0.05) is 19.4 Å². The van der Waals surface area contributed by atoms with Gasteiger partial charge in [0.05, 0.1) is 12.2 Å². The number of hydrogen-bond donors (Lipinski definition) is 1. The average molecular weight is 270 g/mol. The molecule has 3 aromatic rings. The summed E-state index contributed by atoms with van der Waals surface area (Å²) in [6.07, 6.45) is 5.53. The summed E-state index contributed by atoms with van der Waals surface area (Å²) in [5.74, 6) is 0.530. The average Bonchev–Trinajstić information content (AvgIpc) is 2.91. The number of aryl methyl sites for hydroxylation is 2. The highest BCUT2D eigenvalue weighted by Crippen LogP contribution is 2.22.